The Morgan fingerprint density at radius 1 is 1.00 bits per heavy atom. The van der Waals surface area contributed by atoms with Gasteiger partial charge >= 0.3 is 0 Å². The van der Waals surface area contributed by atoms with Crippen LogP contribution in [0.15, 0.2) is 60.7 Å². The second-order valence-electron chi connectivity index (χ2n) is 6.34. The van der Waals surface area contributed by atoms with Gasteiger partial charge in [-0.25, -0.2) is 12.7 Å². The van der Waals surface area contributed by atoms with Crippen molar-refractivity contribution in [1.29, 1.82) is 0 Å². The average Bonchev–Trinajstić information content (AvgIpc) is 2.62. The lowest BCUT2D eigenvalue weighted by molar-refractivity contribution is -0.125. The molecule has 0 aliphatic rings. The molecule has 2 rings (SSSR count). The third kappa shape index (κ3) is 4.83. The largest absolute Gasteiger partial charge is 0.368 e. The number of benzene rings is 2. The molecule has 1 unspecified atom stereocenters. The molecule has 2 aromatic rings. The number of amides is 1. The van der Waals surface area contributed by atoms with Crippen molar-refractivity contribution in [3.8, 4) is 0 Å². The Morgan fingerprint density at radius 3 is 2.08 bits per heavy atom. The van der Waals surface area contributed by atoms with Crippen molar-refractivity contribution in [3.05, 3.63) is 66.2 Å². The van der Waals surface area contributed by atoms with Crippen LogP contribution in [0.1, 0.15) is 12.5 Å². The third-order valence-electron chi connectivity index (χ3n) is 4.18. The van der Waals surface area contributed by atoms with E-state index in [1.807, 2.05) is 60.7 Å². The van der Waals surface area contributed by atoms with Gasteiger partial charge in [0, 0.05) is 26.3 Å². The van der Waals surface area contributed by atoms with E-state index in [1.54, 1.807) is 6.92 Å². The van der Waals surface area contributed by atoms with Crippen LogP contribution in [0, 0.1) is 0 Å². The standard InChI is InChI=1S/C19H25N3O3S/c1-19(16-10-6-4-7-11-16,21-17-12-8-5-9-13-17)18(23)20-14-15-26(24,25)22(2)3/h4-13,21H,14-15H2,1-3H3,(H,20,23). The van der Waals surface area contributed by atoms with Gasteiger partial charge in [0.1, 0.15) is 5.54 Å². The summed E-state index contributed by atoms with van der Waals surface area (Å²) < 4.78 is 24.9. The van der Waals surface area contributed by atoms with Gasteiger partial charge in [0.05, 0.1) is 5.75 Å². The first-order chi connectivity index (χ1) is 12.3. The Kier molecular flexibility index (Phi) is 6.39. The number of para-hydroxylation sites is 1. The summed E-state index contributed by atoms with van der Waals surface area (Å²) in [6.07, 6.45) is 0. The summed E-state index contributed by atoms with van der Waals surface area (Å²) in [4.78, 5) is 12.9. The molecule has 0 bridgehead atoms. The fourth-order valence-corrected chi connectivity index (χ4v) is 3.22. The summed E-state index contributed by atoms with van der Waals surface area (Å²) in [5.74, 6) is -0.441. The van der Waals surface area contributed by atoms with Crippen LogP contribution in [-0.4, -0.2) is 45.0 Å². The number of sulfonamides is 1. The molecule has 0 aliphatic carbocycles. The molecular weight excluding hydrogens is 350 g/mol. The molecule has 1 atom stereocenters. The van der Waals surface area contributed by atoms with Gasteiger partial charge in [-0.3, -0.25) is 4.79 Å². The lowest BCUT2D eigenvalue weighted by Gasteiger charge is -2.31. The Morgan fingerprint density at radius 2 is 1.54 bits per heavy atom. The first kappa shape index (κ1) is 19.9. The van der Waals surface area contributed by atoms with E-state index in [-0.39, 0.29) is 18.2 Å². The predicted molar refractivity (Wildman–Crippen MR) is 104 cm³/mol. The van der Waals surface area contributed by atoms with Crippen LogP contribution in [0.3, 0.4) is 0 Å². The van der Waals surface area contributed by atoms with Gasteiger partial charge in [0.25, 0.3) is 0 Å². The summed E-state index contributed by atoms with van der Waals surface area (Å²) in [6, 6.07) is 18.8. The van der Waals surface area contributed by atoms with Gasteiger partial charge in [-0.1, -0.05) is 48.5 Å². The third-order valence-corrected chi connectivity index (χ3v) is 6.01. The van der Waals surface area contributed by atoms with Gasteiger partial charge in [-0.15, -0.1) is 0 Å². The van der Waals surface area contributed by atoms with Crippen molar-refractivity contribution in [1.82, 2.24) is 9.62 Å². The van der Waals surface area contributed by atoms with Gasteiger partial charge in [0.2, 0.25) is 15.9 Å². The van der Waals surface area contributed by atoms with Crippen molar-refractivity contribution in [2.75, 3.05) is 31.7 Å². The lowest BCUT2D eigenvalue weighted by Crippen LogP contribution is -2.49. The van der Waals surface area contributed by atoms with Crippen LogP contribution in [0.25, 0.3) is 0 Å². The van der Waals surface area contributed by atoms with Crippen LogP contribution in [0.5, 0.6) is 0 Å². The molecule has 0 aliphatic heterocycles. The average molecular weight is 375 g/mol. The molecular formula is C19H25N3O3S. The molecule has 6 nitrogen and oxygen atoms in total. The second-order valence-corrected chi connectivity index (χ2v) is 8.64. The molecule has 0 radical (unpaired) electrons. The number of carbonyl (C=O) groups excluding carboxylic acids is 1. The topological polar surface area (TPSA) is 78.5 Å². The molecule has 26 heavy (non-hydrogen) atoms. The number of anilines is 1. The Hall–Kier alpha value is -2.38. The summed E-state index contributed by atoms with van der Waals surface area (Å²) in [5, 5.41) is 6.02. The van der Waals surface area contributed by atoms with E-state index < -0.39 is 15.6 Å². The van der Waals surface area contributed by atoms with Crippen molar-refractivity contribution >= 4 is 21.6 Å². The Labute approximate surface area is 155 Å². The number of nitrogens with one attached hydrogen (secondary N) is 2. The van der Waals surface area contributed by atoms with Crippen molar-refractivity contribution in [2.24, 2.45) is 0 Å². The quantitative estimate of drug-likeness (QED) is 0.740. The molecule has 0 saturated carbocycles. The molecule has 2 aromatic carbocycles. The highest BCUT2D eigenvalue weighted by molar-refractivity contribution is 7.89. The van der Waals surface area contributed by atoms with Crippen molar-refractivity contribution in [2.45, 2.75) is 12.5 Å². The molecule has 0 aromatic heterocycles. The Bertz CT molecular complexity index is 824. The minimum Gasteiger partial charge on any atom is -0.368 e. The minimum absolute atomic E-state index is 0.0399. The predicted octanol–water partition coefficient (Wildman–Crippen LogP) is 2.02. The molecule has 140 valence electrons. The molecule has 0 heterocycles. The van der Waals surface area contributed by atoms with Crippen molar-refractivity contribution < 1.29 is 13.2 Å². The fraction of sp³-hybridized carbons (Fsp3) is 0.316. The monoisotopic (exact) mass is 375 g/mol. The van der Waals surface area contributed by atoms with E-state index in [1.165, 1.54) is 14.1 Å². The highest BCUT2D eigenvalue weighted by atomic mass is 32.2. The van der Waals surface area contributed by atoms with Gasteiger partial charge in [-0.2, -0.15) is 0 Å². The van der Waals surface area contributed by atoms with Gasteiger partial charge in [-0.05, 0) is 24.6 Å². The molecule has 0 spiro atoms. The number of rotatable bonds is 8. The van der Waals surface area contributed by atoms with Crippen molar-refractivity contribution in [3.63, 3.8) is 0 Å². The SMILES string of the molecule is CN(C)S(=O)(=O)CCNC(=O)C(C)(Nc1ccccc1)c1ccccc1. The van der Waals surface area contributed by atoms with Crippen LogP contribution in [0.4, 0.5) is 5.69 Å². The smallest absolute Gasteiger partial charge is 0.250 e. The van der Waals surface area contributed by atoms with Gasteiger partial charge < -0.3 is 10.6 Å². The molecule has 0 saturated heterocycles. The zero-order chi connectivity index (χ0) is 19.2. The van der Waals surface area contributed by atoms with E-state index in [4.69, 9.17) is 0 Å². The first-order valence-electron chi connectivity index (χ1n) is 8.33. The summed E-state index contributed by atoms with van der Waals surface area (Å²) in [5.41, 5.74) is 0.552. The van der Waals surface area contributed by atoms with E-state index >= 15 is 0 Å². The maximum absolute atomic E-state index is 12.9. The first-order valence-corrected chi connectivity index (χ1v) is 9.94. The summed E-state index contributed by atoms with van der Waals surface area (Å²) in [6.45, 7) is 1.82. The van der Waals surface area contributed by atoms with E-state index in [0.717, 1.165) is 15.6 Å². The maximum atomic E-state index is 12.9. The van der Waals surface area contributed by atoms with Crippen LogP contribution in [-0.2, 0) is 20.4 Å². The zero-order valence-corrected chi connectivity index (χ0v) is 16.1. The normalized spacial score (nSPS) is 13.8. The van der Waals surface area contributed by atoms with Crippen LogP contribution >= 0.6 is 0 Å². The van der Waals surface area contributed by atoms with E-state index in [9.17, 15) is 13.2 Å². The summed E-state index contributed by atoms with van der Waals surface area (Å²) in [7, 11) is -0.416. The Balaban J connectivity index is 2.20. The van der Waals surface area contributed by atoms with E-state index in [2.05, 4.69) is 10.6 Å². The number of hydrogen-bond donors (Lipinski definition) is 2. The highest BCUT2D eigenvalue weighted by Gasteiger charge is 2.35. The van der Waals surface area contributed by atoms with Gasteiger partial charge in [0.15, 0.2) is 0 Å². The molecule has 0 fully saturated rings. The minimum atomic E-state index is -3.36. The summed E-state index contributed by atoms with van der Waals surface area (Å²) >= 11 is 0. The zero-order valence-electron chi connectivity index (χ0n) is 15.3. The number of nitrogens with zero attached hydrogens (tertiary/aromatic N) is 1. The highest BCUT2D eigenvalue weighted by Crippen LogP contribution is 2.26. The lowest BCUT2D eigenvalue weighted by atomic mass is 9.90. The fourth-order valence-electron chi connectivity index (χ4n) is 2.49. The molecule has 7 heteroatoms. The molecule has 1 amide bonds. The second kappa shape index (κ2) is 8.33. The number of hydrogen-bond acceptors (Lipinski definition) is 4. The number of carbonyl (C=O) groups is 1. The van der Waals surface area contributed by atoms with E-state index in [0.29, 0.717) is 0 Å². The molecule has 2 N–H and O–H groups in total. The van der Waals surface area contributed by atoms with Crippen LogP contribution in [0.2, 0.25) is 0 Å². The van der Waals surface area contributed by atoms with Crippen LogP contribution < -0.4 is 10.6 Å². The maximum Gasteiger partial charge on any atom is 0.250 e.